The second-order valence-corrected chi connectivity index (χ2v) is 6.46. The highest BCUT2D eigenvalue weighted by Gasteiger charge is 2.43. The highest BCUT2D eigenvalue weighted by molar-refractivity contribution is 5.83. The Kier molecular flexibility index (Phi) is 4.99. The van der Waals surface area contributed by atoms with E-state index in [2.05, 4.69) is 0 Å². The Labute approximate surface area is 116 Å². The lowest BCUT2D eigenvalue weighted by Crippen LogP contribution is -2.55. The monoisotopic (exact) mass is 269 g/mol. The zero-order chi connectivity index (χ0) is 14.7. The molecule has 4 heteroatoms. The molecule has 1 saturated carbocycles. The van der Waals surface area contributed by atoms with Gasteiger partial charge in [0.1, 0.15) is 0 Å². The van der Waals surface area contributed by atoms with Gasteiger partial charge in [0.2, 0.25) is 5.91 Å². The van der Waals surface area contributed by atoms with E-state index in [-0.39, 0.29) is 12.3 Å². The minimum atomic E-state index is -0.809. The molecule has 110 valence electrons. The number of carboxylic acids is 1. The van der Waals surface area contributed by atoms with Crippen molar-refractivity contribution in [3.8, 4) is 0 Å². The van der Waals surface area contributed by atoms with E-state index in [0.717, 1.165) is 38.5 Å². The minimum Gasteiger partial charge on any atom is -0.481 e. The molecule has 0 saturated heterocycles. The summed E-state index contributed by atoms with van der Waals surface area (Å²) in [5, 5.41) is 9.18. The van der Waals surface area contributed by atoms with Gasteiger partial charge in [-0.3, -0.25) is 9.59 Å². The van der Waals surface area contributed by atoms with Crippen molar-refractivity contribution in [1.82, 2.24) is 4.90 Å². The fraction of sp³-hybridized carbons (Fsp3) is 0.867. The van der Waals surface area contributed by atoms with Crippen LogP contribution in [-0.4, -0.2) is 34.5 Å². The summed E-state index contributed by atoms with van der Waals surface area (Å²) in [5.41, 5.74) is -0.898. The molecule has 0 atom stereocenters. The SMILES string of the molecule is CCC(C)(C)C(=O)N(C)C1(CC(=O)O)CCCCC1. The molecule has 0 radical (unpaired) electrons. The largest absolute Gasteiger partial charge is 0.481 e. The maximum absolute atomic E-state index is 12.6. The molecule has 0 heterocycles. The third-order valence-corrected chi connectivity index (χ3v) is 4.74. The second kappa shape index (κ2) is 5.93. The van der Waals surface area contributed by atoms with Crippen molar-refractivity contribution in [2.75, 3.05) is 7.05 Å². The lowest BCUT2D eigenvalue weighted by atomic mass is 9.76. The van der Waals surface area contributed by atoms with Gasteiger partial charge < -0.3 is 10.0 Å². The predicted molar refractivity (Wildman–Crippen MR) is 74.9 cm³/mol. The summed E-state index contributed by atoms with van der Waals surface area (Å²) in [6, 6.07) is 0. The lowest BCUT2D eigenvalue weighted by molar-refractivity contribution is -0.151. The number of rotatable bonds is 5. The maximum Gasteiger partial charge on any atom is 0.305 e. The molecule has 0 aromatic heterocycles. The first-order valence-corrected chi connectivity index (χ1v) is 7.25. The number of aliphatic carboxylic acids is 1. The summed E-state index contributed by atoms with van der Waals surface area (Å²) in [5.74, 6) is -0.742. The Morgan fingerprint density at radius 2 is 1.74 bits per heavy atom. The van der Waals surface area contributed by atoms with Crippen molar-refractivity contribution in [2.24, 2.45) is 5.41 Å². The Bertz CT molecular complexity index is 343. The molecule has 4 nitrogen and oxygen atoms in total. The first-order chi connectivity index (χ1) is 8.75. The molecule has 1 amide bonds. The molecule has 0 bridgehead atoms. The summed E-state index contributed by atoms with van der Waals surface area (Å²) >= 11 is 0. The van der Waals surface area contributed by atoms with Gasteiger partial charge in [-0.2, -0.15) is 0 Å². The van der Waals surface area contributed by atoms with Gasteiger partial charge in [0.15, 0.2) is 0 Å². The van der Waals surface area contributed by atoms with Crippen molar-refractivity contribution >= 4 is 11.9 Å². The van der Waals surface area contributed by atoms with Crippen LogP contribution in [0.4, 0.5) is 0 Å². The van der Waals surface area contributed by atoms with E-state index in [9.17, 15) is 14.7 Å². The average Bonchev–Trinajstić information content (AvgIpc) is 2.37. The zero-order valence-electron chi connectivity index (χ0n) is 12.7. The fourth-order valence-electron chi connectivity index (χ4n) is 2.94. The second-order valence-electron chi connectivity index (χ2n) is 6.46. The molecule has 1 N–H and O–H groups in total. The number of carbonyl (C=O) groups excluding carboxylic acids is 1. The van der Waals surface area contributed by atoms with E-state index in [1.807, 2.05) is 20.8 Å². The van der Waals surface area contributed by atoms with Crippen LogP contribution in [0, 0.1) is 5.41 Å². The first kappa shape index (κ1) is 16.0. The van der Waals surface area contributed by atoms with Gasteiger partial charge in [-0.05, 0) is 19.3 Å². The fourth-order valence-corrected chi connectivity index (χ4v) is 2.94. The molecule has 0 aromatic carbocycles. The van der Waals surface area contributed by atoms with E-state index < -0.39 is 16.9 Å². The molecule has 19 heavy (non-hydrogen) atoms. The number of nitrogens with zero attached hydrogens (tertiary/aromatic N) is 1. The van der Waals surface area contributed by atoms with Gasteiger partial charge in [-0.25, -0.2) is 0 Å². The molecule has 0 spiro atoms. The van der Waals surface area contributed by atoms with Crippen LogP contribution >= 0.6 is 0 Å². The highest BCUT2D eigenvalue weighted by Crippen LogP contribution is 2.38. The van der Waals surface area contributed by atoms with Gasteiger partial charge in [-0.15, -0.1) is 0 Å². The minimum absolute atomic E-state index is 0.0645. The third-order valence-electron chi connectivity index (χ3n) is 4.74. The van der Waals surface area contributed by atoms with E-state index >= 15 is 0 Å². The highest BCUT2D eigenvalue weighted by atomic mass is 16.4. The molecular weight excluding hydrogens is 242 g/mol. The topological polar surface area (TPSA) is 57.6 Å². The van der Waals surface area contributed by atoms with Crippen LogP contribution in [-0.2, 0) is 9.59 Å². The predicted octanol–water partition coefficient (Wildman–Crippen LogP) is 3.06. The van der Waals surface area contributed by atoms with Crippen molar-refractivity contribution in [3.63, 3.8) is 0 Å². The van der Waals surface area contributed by atoms with Crippen LogP contribution in [0.1, 0.15) is 65.7 Å². The molecule has 1 rings (SSSR count). The van der Waals surface area contributed by atoms with Crippen LogP contribution in [0.15, 0.2) is 0 Å². The molecular formula is C15H27NO3. The Morgan fingerprint density at radius 3 is 2.16 bits per heavy atom. The summed E-state index contributed by atoms with van der Waals surface area (Å²) in [4.78, 5) is 25.5. The van der Waals surface area contributed by atoms with E-state index in [1.54, 1.807) is 11.9 Å². The van der Waals surface area contributed by atoms with Crippen LogP contribution < -0.4 is 0 Å². The molecule has 1 aliphatic carbocycles. The van der Waals surface area contributed by atoms with Gasteiger partial charge >= 0.3 is 5.97 Å². The normalized spacial score (nSPS) is 18.9. The Balaban J connectivity index is 2.97. The zero-order valence-corrected chi connectivity index (χ0v) is 12.7. The number of amides is 1. The third kappa shape index (κ3) is 3.48. The quantitative estimate of drug-likeness (QED) is 0.834. The van der Waals surface area contributed by atoms with Gasteiger partial charge in [0.25, 0.3) is 0 Å². The van der Waals surface area contributed by atoms with Crippen molar-refractivity contribution in [3.05, 3.63) is 0 Å². The van der Waals surface area contributed by atoms with Gasteiger partial charge in [-0.1, -0.05) is 40.0 Å². The van der Waals surface area contributed by atoms with Crippen LogP contribution in [0.2, 0.25) is 0 Å². The summed E-state index contributed by atoms with van der Waals surface area (Å²) in [7, 11) is 1.79. The van der Waals surface area contributed by atoms with Crippen molar-refractivity contribution in [1.29, 1.82) is 0 Å². The van der Waals surface area contributed by atoms with Crippen LogP contribution in [0.3, 0.4) is 0 Å². The first-order valence-electron chi connectivity index (χ1n) is 7.25. The Hall–Kier alpha value is -1.06. The molecule has 1 aliphatic rings. The van der Waals surface area contributed by atoms with E-state index in [1.165, 1.54) is 0 Å². The average molecular weight is 269 g/mol. The smallest absolute Gasteiger partial charge is 0.305 e. The summed E-state index contributed by atoms with van der Waals surface area (Å²) in [6.45, 7) is 5.86. The van der Waals surface area contributed by atoms with E-state index in [4.69, 9.17) is 0 Å². The van der Waals surface area contributed by atoms with Gasteiger partial charge in [0.05, 0.1) is 12.0 Å². The van der Waals surface area contributed by atoms with Crippen LogP contribution in [0.5, 0.6) is 0 Å². The lowest BCUT2D eigenvalue weighted by Gasteiger charge is -2.46. The molecule has 0 aliphatic heterocycles. The molecule has 0 unspecified atom stereocenters. The number of carboxylic acid groups (broad SMARTS) is 1. The molecule has 0 aromatic rings. The summed E-state index contributed by atoms with van der Waals surface area (Å²) < 4.78 is 0. The Morgan fingerprint density at radius 1 is 1.21 bits per heavy atom. The number of carbonyl (C=O) groups is 2. The molecule has 1 fully saturated rings. The number of hydrogen-bond donors (Lipinski definition) is 1. The number of hydrogen-bond acceptors (Lipinski definition) is 2. The standard InChI is InChI=1S/C15H27NO3/c1-5-14(2,3)13(19)16(4)15(11-12(17)18)9-7-6-8-10-15/h5-11H2,1-4H3,(H,17,18). The van der Waals surface area contributed by atoms with Crippen molar-refractivity contribution < 1.29 is 14.7 Å². The van der Waals surface area contributed by atoms with E-state index in [0.29, 0.717) is 0 Å². The summed E-state index contributed by atoms with van der Waals surface area (Å²) in [6.07, 6.45) is 5.60. The maximum atomic E-state index is 12.6. The van der Waals surface area contributed by atoms with Gasteiger partial charge in [0, 0.05) is 12.5 Å². The van der Waals surface area contributed by atoms with Crippen LogP contribution in [0.25, 0.3) is 0 Å². The van der Waals surface area contributed by atoms with Crippen molar-refractivity contribution in [2.45, 2.75) is 71.3 Å².